The average Bonchev–Trinajstić information content (AvgIpc) is 2.96. The third-order valence-electron chi connectivity index (χ3n) is 7.08. The number of piperidine rings is 3. The van der Waals surface area contributed by atoms with Gasteiger partial charge in [-0.3, -0.25) is 9.69 Å². The van der Waals surface area contributed by atoms with Gasteiger partial charge >= 0.3 is 6.09 Å². The maximum atomic E-state index is 13.0. The summed E-state index contributed by atoms with van der Waals surface area (Å²) in [6.45, 7) is 3.73. The summed E-state index contributed by atoms with van der Waals surface area (Å²) < 4.78 is 17.5. The number of carbonyl (C=O) groups excluding carboxylic acids is 2. The van der Waals surface area contributed by atoms with E-state index in [1.54, 1.807) is 24.3 Å². The van der Waals surface area contributed by atoms with E-state index in [1.807, 2.05) is 54.6 Å². The first-order chi connectivity index (χ1) is 18.2. The highest BCUT2D eigenvalue weighted by molar-refractivity contribution is 5.74. The minimum absolute atomic E-state index is 0.0526. The Kier molecular flexibility index (Phi) is 8.01. The second-order valence-electron chi connectivity index (χ2n) is 9.53. The van der Waals surface area contributed by atoms with Crippen molar-refractivity contribution < 1.29 is 23.8 Å². The number of ether oxygens (including phenoxy) is 3. The molecule has 7 heteroatoms. The molecule has 6 rings (SSSR count). The fraction of sp³-hybridized carbons (Fsp3) is 0.333. The normalized spacial score (nSPS) is 21.0. The fourth-order valence-electron chi connectivity index (χ4n) is 5.08. The summed E-state index contributed by atoms with van der Waals surface area (Å²) in [5.41, 5.74) is 2.47. The number of hydrogen-bond donors (Lipinski definition) is 1. The van der Waals surface area contributed by atoms with Gasteiger partial charge < -0.3 is 19.5 Å². The van der Waals surface area contributed by atoms with Gasteiger partial charge in [-0.15, -0.1) is 0 Å². The van der Waals surface area contributed by atoms with Gasteiger partial charge in [0.2, 0.25) is 0 Å². The van der Waals surface area contributed by atoms with E-state index in [-0.39, 0.29) is 12.1 Å². The Bertz CT molecular complexity index is 1180. The van der Waals surface area contributed by atoms with Crippen LogP contribution in [0.15, 0.2) is 78.9 Å². The lowest BCUT2D eigenvalue weighted by molar-refractivity contribution is -0.0336. The molecule has 37 heavy (non-hydrogen) atoms. The van der Waals surface area contributed by atoms with Crippen LogP contribution in [0.2, 0.25) is 0 Å². The third kappa shape index (κ3) is 6.49. The Hall–Kier alpha value is -3.84. The van der Waals surface area contributed by atoms with Crippen molar-refractivity contribution in [2.75, 3.05) is 32.8 Å². The standard InChI is InChI=1S/C30H32N2O5/c33-21-22-9-11-26(12-10-22)35-17-18-36-27-8-4-7-25(19-27)29(24-5-2-1-3-6-24)31-30(34)37-28-20-32-15-13-23(28)14-16-32/h1-12,19,21,23,28-29H,13-18,20H2,(H,31,34)/t28?,29-/m0/s1. The van der Waals surface area contributed by atoms with Gasteiger partial charge in [0.1, 0.15) is 37.1 Å². The number of fused-ring (bicyclic) bond motifs is 3. The minimum atomic E-state index is -0.395. The van der Waals surface area contributed by atoms with Gasteiger partial charge in [-0.25, -0.2) is 4.79 Å². The van der Waals surface area contributed by atoms with Crippen LogP contribution in [-0.2, 0) is 4.74 Å². The summed E-state index contributed by atoms with van der Waals surface area (Å²) in [7, 11) is 0. The zero-order valence-corrected chi connectivity index (χ0v) is 20.8. The van der Waals surface area contributed by atoms with E-state index in [1.165, 1.54) is 0 Å². The largest absolute Gasteiger partial charge is 0.490 e. The van der Waals surface area contributed by atoms with Crippen molar-refractivity contribution in [1.29, 1.82) is 0 Å². The highest BCUT2D eigenvalue weighted by Crippen LogP contribution is 2.30. The van der Waals surface area contributed by atoms with Crippen LogP contribution in [0.5, 0.6) is 11.5 Å². The lowest BCUT2D eigenvalue weighted by Gasteiger charge is -2.43. The zero-order chi connectivity index (χ0) is 25.5. The number of aldehydes is 1. The molecule has 3 fully saturated rings. The minimum Gasteiger partial charge on any atom is -0.490 e. The van der Waals surface area contributed by atoms with E-state index in [0.29, 0.717) is 36.2 Å². The average molecular weight is 501 g/mol. The van der Waals surface area contributed by atoms with Gasteiger partial charge in [-0.1, -0.05) is 42.5 Å². The molecule has 0 saturated carbocycles. The van der Waals surface area contributed by atoms with Gasteiger partial charge in [-0.05, 0) is 79.4 Å². The first-order valence-corrected chi connectivity index (χ1v) is 12.8. The molecule has 3 aromatic carbocycles. The second kappa shape index (κ2) is 11.9. The number of alkyl carbamates (subject to hydrolysis) is 1. The van der Waals surface area contributed by atoms with Crippen LogP contribution in [0, 0.1) is 5.92 Å². The summed E-state index contributed by atoms with van der Waals surface area (Å²) in [4.78, 5) is 26.2. The Balaban J connectivity index is 1.21. The smallest absolute Gasteiger partial charge is 0.408 e. The molecule has 3 aliphatic rings. The first-order valence-electron chi connectivity index (χ1n) is 12.8. The Morgan fingerprint density at radius 3 is 2.27 bits per heavy atom. The van der Waals surface area contributed by atoms with Crippen molar-refractivity contribution >= 4 is 12.4 Å². The second-order valence-corrected chi connectivity index (χ2v) is 9.53. The number of nitrogens with one attached hydrogen (secondary N) is 1. The molecule has 0 spiro atoms. The van der Waals surface area contributed by atoms with Crippen LogP contribution in [0.3, 0.4) is 0 Å². The number of nitrogens with zero attached hydrogens (tertiary/aromatic N) is 1. The van der Waals surface area contributed by atoms with Gasteiger partial charge in [0.05, 0.1) is 6.04 Å². The van der Waals surface area contributed by atoms with Crippen molar-refractivity contribution in [3.8, 4) is 11.5 Å². The predicted molar refractivity (Wildman–Crippen MR) is 140 cm³/mol. The van der Waals surface area contributed by atoms with E-state index in [9.17, 15) is 9.59 Å². The summed E-state index contributed by atoms with van der Waals surface area (Å²) in [5.74, 6) is 1.82. The number of amides is 1. The van der Waals surface area contributed by atoms with Crippen molar-refractivity contribution in [2.45, 2.75) is 25.0 Å². The molecule has 2 atom stereocenters. The van der Waals surface area contributed by atoms with E-state index in [4.69, 9.17) is 14.2 Å². The molecular weight excluding hydrogens is 468 g/mol. The highest BCUT2D eigenvalue weighted by atomic mass is 16.6. The summed E-state index contributed by atoms with van der Waals surface area (Å²) in [6.07, 6.45) is 2.53. The molecule has 1 unspecified atom stereocenters. The topological polar surface area (TPSA) is 77.1 Å². The third-order valence-corrected chi connectivity index (χ3v) is 7.08. The Morgan fingerprint density at radius 2 is 1.59 bits per heavy atom. The number of hydrogen-bond acceptors (Lipinski definition) is 6. The molecule has 1 amide bonds. The molecule has 3 heterocycles. The number of rotatable bonds is 10. The van der Waals surface area contributed by atoms with Gasteiger partial charge in [0, 0.05) is 12.1 Å². The summed E-state index contributed by atoms with van der Waals surface area (Å²) in [6, 6.07) is 24.2. The van der Waals surface area contributed by atoms with Crippen LogP contribution in [0.1, 0.15) is 40.4 Å². The van der Waals surface area contributed by atoms with Crippen LogP contribution in [0.25, 0.3) is 0 Å². The molecule has 1 N–H and O–H groups in total. The maximum absolute atomic E-state index is 13.0. The van der Waals surface area contributed by atoms with Crippen molar-refractivity contribution in [3.05, 3.63) is 95.6 Å². The molecule has 0 aliphatic carbocycles. The Morgan fingerprint density at radius 1 is 0.892 bits per heavy atom. The van der Waals surface area contributed by atoms with Crippen LogP contribution in [-0.4, -0.2) is 56.2 Å². The van der Waals surface area contributed by atoms with Crippen molar-refractivity contribution in [2.24, 2.45) is 5.92 Å². The summed E-state index contributed by atoms with van der Waals surface area (Å²) >= 11 is 0. The zero-order valence-electron chi connectivity index (χ0n) is 20.8. The molecule has 2 bridgehead atoms. The molecule has 3 saturated heterocycles. The quantitative estimate of drug-likeness (QED) is 0.316. The maximum Gasteiger partial charge on any atom is 0.408 e. The van der Waals surface area contributed by atoms with Crippen LogP contribution < -0.4 is 14.8 Å². The first kappa shape index (κ1) is 24.8. The van der Waals surface area contributed by atoms with E-state index in [2.05, 4.69) is 10.2 Å². The van der Waals surface area contributed by atoms with E-state index in [0.717, 1.165) is 49.9 Å². The van der Waals surface area contributed by atoms with Crippen LogP contribution >= 0.6 is 0 Å². The van der Waals surface area contributed by atoms with Crippen molar-refractivity contribution in [3.63, 3.8) is 0 Å². The monoisotopic (exact) mass is 500 g/mol. The molecule has 7 nitrogen and oxygen atoms in total. The molecule has 0 aromatic heterocycles. The summed E-state index contributed by atoms with van der Waals surface area (Å²) in [5, 5.41) is 3.10. The predicted octanol–water partition coefficient (Wildman–Crippen LogP) is 4.87. The molecule has 3 aliphatic heterocycles. The fourth-order valence-corrected chi connectivity index (χ4v) is 5.08. The molecule has 192 valence electrons. The molecule has 0 radical (unpaired) electrons. The SMILES string of the molecule is O=Cc1ccc(OCCOc2cccc([C@@H](NC(=O)OC3CN4CCC3CC4)c3ccccc3)c2)cc1. The lowest BCUT2D eigenvalue weighted by Crippen LogP contribution is -2.52. The van der Waals surface area contributed by atoms with Gasteiger partial charge in [0.25, 0.3) is 0 Å². The Labute approximate surface area is 217 Å². The van der Waals surface area contributed by atoms with E-state index >= 15 is 0 Å². The molecular formula is C30H32N2O5. The number of carbonyl (C=O) groups is 2. The van der Waals surface area contributed by atoms with Crippen LogP contribution in [0.4, 0.5) is 4.79 Å². The van der Waals surface area contributed by atoms with Gasteiger partial charge in [-0.2, -0.15) is 0 Å². The van der Waals surface area contributed by atoms with E-state index < -0.39 is 6.09 Å². The lowest BCUT2D eigenvalue weighted by atomic mass is 9.86. The highest BCUT2D eigenvalue weighted by Gasteiger charge is 2.36. The van der Waals surface area contributed by atoms with Crippen molar-refractivity contribution in [1.82, 2.24) is 10.2 Å². The number of benzene rings is 3. The molecule has 3 aromatic rings. The van der Waals surface area contributed by atoms with Gasteiger partial charge in [0.15, 0.2) is 0 Å².